The summed E-state index contributed by atoms with van der Waals surface area (Å²) in [6.07, 6.45) is 1.83. The smallest absolute Gasteiger partial charge is 0.230 e. The number of hydrogen-bond donors (Lipinski definition) is 1. The summed E-state index contributed by atoms with van der Waals surface area (Å²) in [6, 6.07) is 5.99. The average Bonchev–Trinajstić information content (AvgIpc) is 3.06. The molecule has 2 aromatic rings. The Hall–Kier alpha value is -2.25. The van der Waals surface area contributed by atoms with Crippen molar-refractivity contribution >= 4 is 34.0 Å². The van der Waals surface area contributed by atoms with E-state index in [4.69, 9.17) is 10.7 Å². The van der Waals surface area contributed by atoms with E-state index in [2.05, 4.69) is 11.8 Å². The number of nitrogens with two attached hydrogens (primary N) is 1. The first-order chi connectivity index (χ1) is 12.8. The predicted octanol–water partition coefficient (Wildman–Crippen LogP) is 3.14. The standard InChI is InChI=1S/C20H26N4O2S/c1-13-6-7-18(9-14(13)2)24(15(3)25)20-22-17(12-27-20)11-23-8-4-5-16(10-23)19(21)26/h6-7,9,12,16H,4-5,8,10-11H2,1-3H3,(H2,21,26). The number of benzene rings is 1. The molecule has 1 unspecified atom stereocenters. The van der Waals surface area contributed by atoms with Gasteiger partial charge in [0.25, 0.3) is 0 Å². The van der Waals surface area contributed by atoms with Crippen LogP contribution in [0.3, 0.4) is 0 Å². The minimum atomic E-state index is -0.226. The monoisotopic (exact) mass is 386 g/mol. The van der Waals surface area contributed by atoms with Crippen LogP contribution in [0.25, 0.3) is 0 Å². The molecule has 1 atom stereocenters. The Balaban J connectivity index is 1.77. The van der Waals surface area contributed by atoms with Gasteiger partial charge in [-0.05, 0) is 56.5 Å². The summed E-state index contributed by atoms with van der Waals surface area (Å²) in [5.74, 6) is -0.372. The number of thiazole rings is 1. The highest BCUT2D eigenvalue weighted by molar-refractivity contribution is 7.14. The van der Waals surface area contributed by atoms with Crippen LogP contribution in [0, 0.1) is 19.8 Å². The Labute approximate surface area is 164 Å². The first-order valence-corrected chi connectivity index (χ1v) is 10.1. The van der Waals surface area contributed by atoms with Gasteiger partial charge in [0, 0.05) is 25.4 Å². The van der Waals surface area contributed by atoms with Gasteiger partial charge in [0.2, 0.25) is 11.8 Å². The molecular formula is C20H26N4O2S. The topological polar surface area (TPSA) is 79.5 Å². The van der Waals surface area contributed by atoms with Crippen molar-refractivity contribution in [1.82, 2.24) is 9.88 Å². The number of carbonyl (C=O) groups is 2. The molecule has 2 amide bonds. The molecule has 1 fully saturated rings. The van der Waals surface area contributed by atoms with Crippen LogP contribution in [0.1, 0.15) is 36.6 Å². The van der Waals surface area contributed by atoms with Crippen LogP contribution in [0.4, 0.5) is 10.8 Å². The highest BCUT2D eigenvalue weighted by Crippen LogP contribution is 2.31. The molecule has 0 spiro atoms. The van der Waals surface area contributed by atoms with Crippen LogP contribution in [-0.4, -0.2) is 34.8 Å². The quantitative estimate of drug-likeness (QED) is 0.856. The minimum absolute atomic E-state index is 0.0640. The maximum absolute atomic E-state index is 12.3. The number of aryl methyl sites for hydroxylation is 2. The number of primary amides is 1. The molecule has 0 bridgehead atoms. The van der Waals surface area contributed by atoms with Crippen LogP contribution in [-0.2, 0) is 16.1 Å². The minimum Gasteiger partial charge on any atom is -0.369 e. The van der Waals surface area contributed by atoms with Gasteiger partial charge >= 0.3 is 0 Å². The van der Waals surface area contributed by atoms with Crippen molar-refractivity contribution < 1.29 is 9.59 Å². The predicted molar refractivity (Wildman–Crippen MR) is 108 cm³/mol. The summed E-state index contributed by atoms with van der Waals surface area (Å²) in [4.78, 5) is 32.3. The van der Waals surface area contributed by atoms with Crippen molar-refractivity contribution in [2.75, 3.05) is 18.0 Å². The lowest BCUT2D eigenvalue weighted by Crippen LogP contribution is -2.40. The van der Waals surface area contributed by atoms with Gasteiger partial charge in [-0.2, -0.15) is 0 Å². The van der Waals surface area contributed by atoms with Crippen LogP contribution in [0.15, 0.2) is 23.6 Å². The Kier molecular flexibility index (Phi) is 5.92. The van der Waals surface area contributed by atoms with Gasteiger partial charge in [-0.25, -0.2) is 4.98 Å². The second kappa shape index (κ2) is 8.19. The van der Waals surface area contributed by atoms with Gasteiger partial charge in [0.15, 0.2) is 5.13 Å². The van der Waals surface area contributed by atoms with Crippen molar-refractivity contribution in [2.24, 2.45) is 11.7 Å². The van der Waals surface area contributed by atoms with Gasteiger partial charge in [-0.1, -0.05) is 6.07 Å². The Morgan fingerprint density at radius 1 is 1.33 bits per heavy atom. The second-order valence-corrected chi connectivity index (χ2v) is 8.06. The summed E-state index contributed by atoms with van der Waals surface area (Å²) in [5.41, 5.74) is 9.54. The molecule has 1 saturated heterocycles. The zero-order valence-electron chi connectivity index (χ0n) is 16.1. The molecular weight excluding hydrogens is 360 g/mol. The maximum Gasteiger partial charge on any atom is 0.230 e. The highest BCUT2D eigenvalue weighted by Gasteiger charge is 2.25. The van der Waals surface area contributed by atoms with Crippen molar-refractivity contribution in [3.05, 3.63) is 40.4 Å². The molecule has 27 heavy (non-hydrogen) atoms. The number of nitrogens with zero attached hydrogens (tertiary/aromatic N) is 3. The van der Waals surface area contributed by atoms with E-state index in [9.17, 15) is 9.59 Å². The zero-order chi connectivity index (χ0) is 19.6. The van der Waals surface area contributed by atoms with Gasteiger partial charge in [0.05, 0.1) is 17.3 Å². The molecule has 1 aliphatic rings. The molecule has 2 heterocycles. The van der Waals surface area contributed by atoms with E-state index in [1.54, 1.807) is 11.8 Å². The number of amides is 2. The molecule has 6 nitrogen and oxygen atoms in total. The fourth-order valence-electron chi connectivity index (χ4n) is 3.42. The molecule has 0 aliphatic carbocycles. The lowest BCUT2D eigenvalue weighted by Gasteiger charge is -2.30. The summed E-state index contributed by atoms with van der Waals surface area (Å²) in [6.45, 7) is 7.92. The molecule has 1 aliphatic heterocycles. The number of rotatable bonds is 5. The Morgan fingerprint density at radius 3 is 2.78 bits per heavy atom. The Bertz CT molecular complexity index is 848. The van der Waals surface area contributed by atoms with Crippen LogP contribution in [0.2, 0.25) is 0 Å². The van der Waals surface area contributed by atoms with E-state index in [-0.39, 0.29) is 17.7 Å². The van der Waals surface area contributed by atoms with E-state index in [0.29, 0.717) is 18.2 Å². The summed E-state index contributed by atoms with van der Waals surface area (Å²) in [5, 5.41) is 2.66. The lowest BCUT2D eigenvalue weighted by molar-refractivity contribution is -0.123. The summed E-state index contributed by atoms with van der Waals surface area (Å²) >= 11 is 1.46. The lowest BCUT2D eigenvalue weighted by atomic mass is 9.97. The van der Waals surface area contributed by atoms with E-state index < -0.39 is 0 Å². The molecule has 0 radical (unpaired) electrons. The molecule has 3 rings (SSSR count). The molecule has 7 heteroatoms. The fraction of sp³-hybridized carbons (Fsp3) is 0.450. The SMILES string of the molecule is CC(=O)N(c1ccc(C)c(C)c1)c1nc(CN2CCCC(C(N)=O)C2)cs1. The largest absolute Gasteiger partial charge is 0.369 e. The first-order valence-electron chi connectivity index (χ1n) is 9.19. The van der Waals surface area contributed by atoms with Gasteiger partial charge < -0.3 is 5.73 Å². The second-order valence-electron chi connectivity index (χ2n) is 7.22. The third kappa shape index (κ3) is 4.54. The summed E-state index contributed by atoms with van der Waals surface area (Å²) < 4.78 is 0. The zero-order valence-corrected chi connectivity index (χ0v) is 16.9. The molecule has 1 aromatic heterocycles. The van der Waals surface area contributed by atoms with Gasteiger partial charge in [-0.3, -0.25) is 19.4 Å². The van der Waals surface area contributed by atoms with Crippen molar-refractivity contribution in [1.29, 1.82) is 0 Å². The van der Waals surface area contributed by atoms with Crippen molar-refractivity contribution in [3.8, 4) is 0 Å². The van der Waals surface area contributed by atoms with Gasteiger partial charge in [0.1, 0.15) is 0 Å². The number of anilines is 2. The number of aromatic nitrogens is 1. The van der Waals surface area contributed by atoms with E-state index in [1.165, 1.54) is 16.9 Å². The molecule has 2 N–H and O–H groups in total. The normalized spacial score (nSPS) is 17.7. The molecule has 1 aromatic carbocycles. The van der Waals surface area contributed by atoms with Crippen LogP contribution >= 0.6 is 11.3 Å². The van der Waals surface area contributed by atoms with Crippen LogP contribution < -0.4 is 10.6 Å². The Morgan fingerprint density at radius 2 is 2.11 bits per heavy atom. The molecule has 144 valence electrons. The van der Waals surface area contributed by atoms with E-state index >= 15 is 0 Å². The maximum atomic E-state index is 12.3. The number of hydrogen-bond acceptors (Lipinski definition) is 5. The first kappa shape index (κ1) is 19.5. The van der Waals surface area contributed by atoms with Crippen molar-refractivity contribution in [2.45, 2.75) is 40.2 Å². The number of likely N-dealkylation sites (tertiary alicyclic amines) is 1. The fourth-order valence-corrected chi connectivity index (χ4v) is 4.30. The number of carbonyl (C=O) groups excluding carboxylic acids is 2. The van der Waals surface area contributed by atoms with Gasteiger partial charge in [-0.15, -0.1) is 11.3 Å². The number of piperidine rings is 1. The third-order valence-electron chi connectivity index (χ3n) is 5.09. The van der Waals surface area contributed by atoms with E-state index in [1.807, 2.05) is 30.5 Å². The summed E-state index contributed by atoms with van der Waals surface area (Å²) in [7, 11) is 0. The third-order valence-corrected chi connectivity index (χ3v) is 5.96. The van der Waals surface area contributed by atoms with Crippen molar-refractivity contribution in [3.63, 3.8) is 0 Å². The van der Waals surface area contributed by atoms with E-state index in [0.717, 1.165) is 36.3 Å². The molecule has 0 saturated carbocycles. The highest BCUT2D eigenvalue weighted by atomic mass is 32.1. The average molecular weight is 387 g/mol. The van der Waals surface area contributed by atoms with Crippen LogP contribution in [0.5, 0.6) is 0 Å².